The maximum Gasteiger partial charge on any atom is 0.221 e. The summed E-state index contributed by atoms with van der Waals surface area (Å²) in [5.41, 5.74) is 6.03. The van der Waals surface area contributed by atoms with Crippen LogP contribution in [0.3, 0.4) is 0 Å². The lowest BCUT2D eigenvalue weighted by molar-refractivity contribution is -0.121. The van der Waals surface area contributed by atoms with Crippen molar-refractivity contribution in [3.8, 4) is 5.75 Å². The van der Waals surface area contributed by atoms with Crippen molar-refractivity contribution in [1.82, 2.24) is 10.6 Å². The molecule has 0 atom stereocenters. The molecule has 0 saturated heterocycles. The fourth-order valence-electron chi connectivity index (χ4n) is 4.85. The SMILES string of the molecule is NC1CCC(CC2CCC(NCCC(=O)NCCOc3ccccc3)CC2)CC1. The van der Waals surface area contributed by atoms with Crippen LogP contribution in [0.15, 0.2) is 30.3 Å². The first-order chi connectivity index (χ1) is 14.2. The normalized spacial score (nSPS) is 27.3. The Morgan fingerprint density at radius 3 is 2.28 bits per heavy atom. The van der Waals surface area contributed by atoms with Gasteiger partial charge in [0.15, 0.2) is 0 Å². The molecule has 5 heteroatoms. The number of ether oxygens (including phenoxy) is 1. The molecular weight excluding hydrogens is 362 g/mol. The molecule has 0 aliphatic heterocycles. The second-order valence-corrected chi connectivity index (χ2v) is 8.95. The Bertz CT molecular complexity index is 579. The van der Waals surface area contributed by atoms with Crippen LogP contribution >= 0.6 is 0 Å². The maximum atomic E-state index is 12.0. The molecule has 2 saturated carbocycles. The monoisotopic (exact) mass is 401 g/mol. The Hall–Kier alpha value is -1.59. The number of para-hydroxylation sites is 1. The summed E-state index contributed by atoms with van der Waals surface area (Å²) in [4.78, 5) is 12.0. The van der Waals surface area contributed by atoms with Gasteiger partial charge >= 0.3 is 0 Å². The number of carbonyl (C=O) groups is 1. The summed E-state index contributed by atoms with van der Waals surface area (Å²) in [5.74, 6) is 2.75. The zero-order valence-corrected chi connectivity index (χ0v) is 17.8. The largest absolute Gasteiger partial charge is 0.492 e. The molecule has 0 aromatic heterocycles. The molecule has 0 radical (unpaired) electrons. The zero-order valence-electron chi connectivity index (χ0n) is 17.8. The van der Waals surface area contributed by atoms with Gasteiger partial charge in [0.2, 0.25) is 5.91 Å². The predicted octanol–water partition coefficient (Wildman–Crippen LogP) is 3.63. The van der Waals surface area contributed by atoms with Gasteiger partial charge in [0, 0.05) is 25.0 Å². The highest BCUT2D eigenvalue weighted by Crippen LogP contribution is 2.35. The molecule has 1 amide bonds. The van der Waals surface area contributed by atoms with Gasteiger partial charge in [-0.1, -0.05) is 18.2 Å². The van der Waals surface area contributed by atoms with Gasteiger partial charge in [-0.05, 0) is 81.8 Å². The molecule has 0 heterocycles. The van der Waals surface area contributed by atoms with E-state index in [0.717, 1.165) is 24.1 Å². The van der Waals surface area contributed by atoms with Gasteiger partial charge in [-0.3, -0.25) is 4.79 Å². The standard InChI is InChI=1S/C24H39N3O2/c25-21-10-6-19(7-11-21)18-20-8-12-22(13-9-20)26-15-14-24(28)27-16-17-29-23-4-2-1-3-5-23/h1-5,19-22,26H,6-18,25H2,(H,27,28). The number of carbonyl (C=O) groups excluding carboxylic acids is 1. The van der Waals surface area contributed by atoms with E-state index in [-0.39, 0.29) is 5.91 Å². The molecule has 0 bridgehead atoms. The third-order valence-corrected chi connectivity index (χ3v) is 6.63. The van der Waals surface area contributed by atoms with E-state index in [9.17, 15) is 4.79 Å². The minimum atomic E-state index is 0.0957. The lowest BCUT2D eigenvalue weighted by atomic mass is 9.76. The topological polar surface area (TPSA) is 76.4 Å². The molecule has 2 aliphatic carbocycles. The van der Waals surface area contributed by atoms with Crippen molar-refractivity contribution in [2.24, 2.45) is 17.6 Å². The highest BCUT2D eigenvalue weighted by atomic mass is 16.5. The molecule has 5 nitrogen and oxygen atoms in total. The average Bonchev–Trinajstić information content (AvgIpc) is 2.75. The Labute approximate surface area is 176 Å². The summed E-state index contributed by atoms with van der Waals surface area (Å²) in [6.07, 6.45) is 12.2. The second kappa shape index (κ2) is 12.2. The number of amides is 1. The van der Waals surface area contributed by atoms with Crippen LogP contribution in [-0.2, 0) is 4.79 Å². The number of nitrogens with one attached hydrogen (secondary N) is 2. The lowest BCUT2D eigenvalue weighted by Gasteiger charge is -2.33. The number of hydrogen-bond donors (Lipinski definition) is 3. The molecule has 162 valence electrons. The van der Waals surface area contributed by atoms with E-state index < -0.39 is 0 Å². The van der Waals surface area contributed by atoms with E-state index in [1.807, 2.05) is 30.3 Å². The van der Waals surface area contributed by atoms with Crippen LogP contribution in [0.5, 0.6) is 5.75 Å². The Balaban J connectivity index is 1.18. The van der Waals surface area contributed by atoms with Gasteiger partial charge in [0.25, 0.3) is 0 Å². The van der Waals surface area contributed by atoms with Crippen molar-refractivity contribution in [3.05, 3.63) is 30.3 Å². The Kier molecular flexibility index (Phi) is 9.29. The lowest BCUT2D eigenvalue weighted by Crippen LogP contribution is -2.37. The molecule has 3 rings (SSSR count). The van der Waals surface area contributed by atoms with E-state index in [1.165, 1.54) is 57.8 Å². The van der Waals surface area contributed by atoms with Gasteiger partial charge < -0.3 is 21.1 Å². The molecule has 1 aromatic rings. The first kappa shape index (κ1) is 22.1. The molecule has 0 spiro atoms. The van der Waals surface area contributed by atoms with Crippen LogP contribution in [0, 0.1) is 11.8 Å². The van der Waals surface area contributed by atoms with Crippen LogP contribution in [0.2, 0.25) is 0 Å². The Morgan fingerprint density at radius 1 is 0.931 bits per heavy atom. The van der Waals surface area contributed by atoms with Gasteiger partial charge in [-0.25, -0.2) is 0 Å². The first-order valence-corrected chi connectivity index (χ1v) is 11.6. The smallest absolute Gasteiger partial charge is 0.221 e. The first-order valence-electron chi connectivity index (χ1n) is 11.6. The fraction of sp³-hybridized carbons (Fsp3) is 0.708. The van der Waals surface area contributed by atoms with Crippen molar-refractivity contribution < 1.29 is 9.53 Å². The second-order valence-electron chi connectivity index (χ2n) is 8.95. The van der Waals surface area contributed by atoms with E-state index >= 15 is 0 Å². The minimum Gasteiger partial charge on any atom is -0.492 e. The van der Waals surface area contributed by atoms with Crippen LogP contribution in [0.25, 0.3) is 0 Å². The molecule has 4 N–H and O–H groups in total. The summed E-state index contributed by atoms with van der Waals surface area (Å²) in [7, 11) is 0. The quantitative estimate of drug-likeness (QED) is 0.523. The van der Waals surface area contributed by atoms with Gasteiger partial charge in [0.1, 0.15) is 12.4 Å². The van der Waals surface area contributed by atoms with Crippen LogP contribution in [0.4, 0.5) is 0 Å². The average molecular weight is 402 g/mol. The predicted molar refractivity (Wildman–Crippen MR) is 118 cm³/mol. The van der Waals surface area contributed by atoms with Crippen molar-refractivity contribution in [2.45, 2.75) is 76.3 Å². The van der Waals surface area contributed by atoms with Crippen LogP contribution in [-0.4, -0.2) is 37.7 Å². The van der Waals surface area contributed by atoms with Crippen molar-refractivity contribution in [1.29, 1.82) is 0 Å². The van der Waals surface area contributed by atoms with E-state index in [1.54, 1.807) is 0 Å². The third-order valence-electron chi connectivity index (χ3n) is 6.63. The van der Waals surface area contributed by atoms with Crippen molar-refractivity contribution in [2.75, 3.05) is 19.7 Å². The Morgan fingerprint density at radius 2 is 1.59 bits per heavy atom. The molecule has 0 unspecified atom stereocenters. The molecule has 2 aliphatic rings. The molecular formula is C24H39N3O2. The highest BCUT2D eigenvalue weighted by Gasteiger charge is 2.25. The van der Waals surface area contributed by atoms with Crippen molar-refractivity contribution in [3.63, 3.8) is 0 Å². The van der Waals surface area contributed by atoms with Crippen molar-refractivity contribution >= 4 is 5.91 Å². The van der Waals surface area contributed by atoms with Gasteiger partial charge in [-0.2, -0.15) is 0 Å². The zero-order chi connectivity index (χ0) is 20.3. The van der Waals surface area contributed by atoms with E-state index in [4.69, 9.17) is 10.5 Å². The number of nitrogens with two attached hydrogens (primary N) is 1. The van der Waals surface area contributed by atoms with E-state index in [0.29, 0.717) is 31.7 Å². The summed E-state index contributed by atoms with van der Waals surface area (Å²) in [5, 5.41) is 6.52. The minimum absolute atomic E-state index is 0.0957. The third kappa shape index (κ3) is 8.35. The van der Waals surface area contributed by atoms with Crippen LogP contribution in [0.1, 0.15) is 64.2 Å². The summed E-state index contributed by atoms with van der Waals surface area (Å²) in [6, 6.07) is 10.7. The molecule has 29 heavy (non-hydrogen) atoms. The summed E-state index contributed by atoms with van der Waals surface area (Å²) >= 11 is 0. The van der Waals surface area contributed by atoms with Crippen LogP contribution < -0.4 is 21.1 Å². The van der Waals surface area contributed by atoms with Gasteiger partial charge in [0.05, 0.1) is 6.54 Å². The fourth-order valence-corrected chi connectivity index (χ4v) is 4.85. The highest BCUT2D eigenvalue weighted by molar-refractivity contribution is 5.76. The molecule has 1 aromatic carbocycles. The van der Waals surface area contributed by atoms with Gasteiger partial charge in [-0.15, -0.1) is 0 Å². The number of benzene rings is 1. The maximum absolute atomic E-state index is 12.0. The van der Waals surface area contributed by atoms with E-state index in [2.05, 4.69) is 10.6 Å². The number of rotatable bonds is 10. The summed E-state index contributed by atoms with van der Waals surface area (Å²) in [6.45, 7) is 1.81. The molecule has 2 fully saturated rings. The number of hydrogen-bond acceptors (Lipinski definition) is 4. The summed E-state index contributed by atoms with van der Waals surface area (Å²) < 4.78 is 5.59.